The number of amides is 1. The van der Waals surface area contributed by atoms with Crippen molar-refractivity contribution in [3.8, 4) is 0 Å². The van der Waals surface area contributed by atoms with E-state index in [0.717, 1.165) is 51.2 Å². The average molecular weight is 450 g/mol. The number of likely N-dealkylation sites (tertiary alicyclic amines) is 1. The lowest BCUT2D eigenvalue weighted by Crippen LogP contribution is -2.38. The Morgan fingerprint density at radius 3 is 2.78 bits per heavy atom. The molecule has 4 heterocycles. The van der Waals surface area contributed by atoms with Gasteiger partial charge in [-0.3, -0.25) is 9.69 Å². The van der Waals surface area contributed by atoms with E-state index in [1.54, 1.807) is 12.3 Å². The van der Waals surface area contributed by atoms with Crippen LogP contribution in [0.15, 0.2) is 58.5 Å². The highest BCUT2D eigenvalue weighted by atomic mass is 32.1. The van der Waals surface area contributed by atoms with Gasteiger partial charge in [-0.15, -0.1) is 11.3 Å². The quantitative estimate of drug-likeness (QED) is 0.555. The summed E-state index contributed by atoms with van der Waals surface area (Å²) in [6, 6.07) is 15.0. The lowest BCUT2D eigenvalue weighted by atomic mass is 9.96. The minimum absolute atomic E-state index is 0.0186. The van der Waals surface area contributed by atoms with Gasteiger partial charge >= 0.3 is 0 Å². The number of furan rings is 1. The fraction of sp³-hybridized carbons (Fsp3) is 0.423. The average Bonchev–Trinajstić information content (AvgIpc) is 3.55. The zero-order valence-electron chi connectivity index (χ0n) is 18.6. The summed E-state index contributed by atoms with van der Waals surface area (Å²) in [4.78, 5) is 19.2. The third kappa shape index (κ3) is 4.62. The smallest absolute Gasteiger partial charge is 0.254 e. The molecule has 1 fully saturated rings. The highest BCUT2D eigenvalue weighted by Gasteiger charge is 2.28. The molecule has 0 radical (unpaired) electrons. The van der Waals surface area contributed by atoms with Gasteiger partial charge in [-0.05, 0) is 74.3 Å². The van der Waals surface area contributed by atoms with Crippen LogP contribution in [0.3, 0.4) is 0 Å². The van der Waals surface area contributed by atoms with Crippen LogP contribution in [-0.2, 0) is 19.5 Å². The van der Waals surface area contributed by atoms with Crippen LogP contribution in [0, 0.1) is 5.92 Å². The highest BCUT2D eigenvalue weighted by Crippen LogP contribution is 2.33. The van der Waals surface area contributed by atoms with Gasteiger partial charge in [0, 0.05) is 29.7 Å². The van der Waals surface area contributed by atoms with Crippen LogP contribution in [-0.4, -0.2) is 36.5 Å². The second-order valence-electron chi connectivity index (χ2n) is 9.08. The van der Waals surface area contributed by atoms with E-state index in [1.165, 1.54) is 16.1 Å². The van der Waals surface area contributed by atoms with E-state index in [1.807, 2.05) is 11.3 Å². The van der Waals surface area contributed by atoms with Gasteiger partial charge in [0.2, 0.25) is 0 Å². The number of carbonyl (C=O) groups excluding carboxylic acids is 1. The Bertz CT molecular complexity index is 1040. The number of carbonyl (C=O) groups is 1. The summed E-state index contributed by atoms with van der Waals surface area (Å²) in [7, 11) is 0. The summed E-state index contributed by atoms with van der Waals surface area (Å²) in [5.74, 6) is 1.27. The molecule has 0 saturated carbocycles. The van der Waals surface area contributed by atoms with Crippen molar-refractivity contribution in [3.05, 3.63) is 75.9 Å². The Morgan fingerprint density at radius 1 is 1.12 bits per heavy atom. The molecule has 32 heavy (non-hydrogen) atoms. The van der Waals surface area contributed by atoms with Gasteiger partial charge in [0.15, 0.2) is 0 Å². The summed E-state index contributed by atoms with van der Waals surface area (Å²) in [5, 5.41) is 5.32. The van der Waals surface area contributed by atoms with Crippen molar-refractivity contribution in [1.82, 2.24) is 10.2 Å². The number of rotatable bonds is 7. The van der Waals surface area contributed by atoms with Crippen molar-refractivity contribution < 1.29 is 9.21 Å². The molecule has 1 N–H and O–H groups in total. The molecule has 2 aliphatic rings. The molecular weight excluding hydrogens is 418 g/mol. The Kier molecular flexibility index (Phi) is 6.32. The molecule has 0 bridgehead atoms. The molecule has 168 valence electrons. The van der Waals surface area contributed by atoms with E-state index in [0.29, 0.717) is 24.1 Å². The first-order valence-electron chi connectivity index (χ1n) is 11.6. The molecule has 0 spiro atoms. The number of para-hydroxylation sites is 1. The van der Waals surface area contributed by atoms with E-state index >= 15 is 0 Å². The van der Waals surface area contributed by atoms with Crippen molar-refractivity contribution in [2.24, 2.45) is 5.92 Å². The molecule has 0 aliphatic carbocycles. The van der Waals surface area contributed by atoms with E-state index in [9.17, 15) is 4.79 Å². The fourth-order valence-electron chi connectivity index (χ4n) is 4.99. The number of nitrogens with zero attached hydrogens (tertiary/aromatic N) is 2. The maximum Gasteiger partial charge on any atom is 0.254 e. The molecular formula is C26H31N3O2S. The van der Waals surface area contributed by atoms with Crippen molar-refractivity contribution in [2.75, 3.05) is 24.5 Å². The first-order chi connectivity index (χ1) is 15.7. The molecule has 1 unspecified atom stereocenters. The maximum atomic E-state index is 12.9. The van der Waals surface area contributed by atoms with Crippen LogP contribution in [0.1, 0.15) is 46.3 Å². The number of piperidine rings is 1. The fourth-order valence-corrected chi connectivity index (χ4v) is 5.74. The minimum atomic E-state index is -0.0186. The summed E-state index contributed by atoms with van der Waals surface area (Å²) < 4.78 is 5.76. The number of thiophene rings is 1. The van der Waals surface area contributed by atoms with Crippen LogP contribution < -0.4 is 10.2 Å². The first-order valence-corrected chi connectivity index (χ1v) is 12.5. The standard InChI is InChI=1S/C26H31N3O2S/c1-19-15-21-5-2-3-7-24(21)29(19)18-25-23(10-13-31-25)26(30)27-16-20-8-11-28(12-9-20)17-22-6-4-14-32-22/h2-7,10,13-14,19-20H,8-9,11-12,15-18H2,1H3,(H,27,30). The van der Waals surface area contributed by atoms with Gasteiger partial charge in [-0.1, -0.05) is 24.3 Å². The highest BCUT2D eigenvalue weighted by molar-refractivity contribution is 7.09. The van der Waals surface area contributed by atoms with Crippen molar-refractivity contribution in [1.29, 1.82) is 0 Å². The normalized spacial score (nSPS) is 19.3. The van der Waals surface area contributed by atoms with Gasteiger partial charge in [-0.2, -0.15) is 0 Å². The Labute approximate surface area is 194 Å². The number of benzene rings is 1. The largest absolute Gasteiger partial charge is 0.467 e. The molecule has 5 rings (SSSR count). The van der Waals surface area contributed by atoms with Gasteiger partial charge in [0.1, 0.15) is 5.76 Å². The third-order valence-electron chi connectivity index (χ3n) is 6.87. The summed E-state index contributed by atoms with van der Waals surface area (Å²) >= 11 is 1.83. The molecule has 2 aliphatic heterocycles. The molecule has 5 nitrogen and oxygen atoms in total. The minimum Gasteiger partial charge on any atom is -0.467 e. The Hall–Kier alpha value is -2.57. The zero-order valence-corrected chi connectivity index (χ0v) is 19.4. The van der Waals surface area contributed by atoms with Gasteiger partial charge < -0.3 is 14.6 Å². The lowest BCUT2D eigenvalue weighted by Gasteiger charge is -2.31. The Balaban J connectivity index is 1.14. The first kappa shape index (κ1) is 21.3. The van der Waals surface area contributed by atoms with Crippen molar-refractivity contribution in [3.63, 3.8) is 0 Å². The molecule has 1 atom stereocenters. The predicted octanol–water partition coefficient (Wildman–Crippen LogP) is 4.93. The van der Waals surface area contributed by atoms with Gasteiger partial charge in [-0.25, -0.2) is 0 Å². The molecule has 3 aromatic rings. The van der Waals surface area contributed by atoms with E-state index in [4.69, 9.17) is 4.42 Å². The van der Waals surface area contributed by atoms with Crippen molar-refractivity contribution in [2.45, 2.75) is 45.3 Å². The third-order valence-corrected chi connectivity index (χ3v) is 7.73. The van der Waals surface area contributed by atoms with E-state index in [-0.39, 0.29) is 5.91 Å². The van der Waals surface area contributed by atoms with Crippen molar-refractivity contribution >= 4 is 22.9 Å². The summed E-state index contributed by atoms with van der Waals surface area (Å²) in [5.41, 5.74) is 3.27. The number of hydrogen-bond acceptors (Lipinski definition) is 5. The number of hydrogen-bond donors (Lipinski definition) is 1. The summed E-state index contributed by atoms with van der Waals surface area (Å²) in [6.45, 7) is 6.83. The molecule has 2 aromatic heterocycles. The van der Waals surface area contributed by atoms with Crippen LogP contribution in [0.25, 0.3) is 0 Å². The van der Waals surface area contributed by atoms with E-state index < -0.39 is 0 Å². The molecule has 6 heteroatoms. The SMILES string of the molecule is CC1Cc2ccccc2N1Cc1occc1C(=O)NCC1CCN(Cc2cccs2)CC1. The molecule has 1 saturated heterocycles. The second kappa shape index (κ2) is 9.51. The topological polar surface area (TPSA) is 48.7 Å². The lowest BCUT2D eigenvalue weighted by molar-refractivity contribution is 0.0933. The Morgan fingerprint density at radius 2 is 1.97 bits per heavy atom. The maximum absolute atomic E-state index is 12.9. The number of nitrogens with one attached hydrogen (secondary N) is 1. The second-order valence-corrected chi connectivity index (χ2v) is 10.1. The monoisotopic (exact) mass is 449 g/mol. The predicted molar refractivity (Wildman–Crippen MR) is 129 cm³/mol. The van der Waals surface area contributed by atoms with Crippen LogP contribution in [0.4, 0.5) is 5.69 Å². The number of anilines is 1. The zero-order chi connectivity index (χ0) is 21.9. The summed E-state index contributed by atoms with van der Waals surface area (Å²) in [6.07, 6.45) is 4.93. The molecule has 1 amide bonds. The van der Waals surface area contributed by atoms with Gasteiger partial charge in [0.05, 0.1) is 18.4 Å². The van der Waals surface area contributed by atoms with Crippen LogP contribution in [0.2, 0.25) is 0 Å². The van der Waals surface area contributed by atoms with Crippen LogP contribution >= 0.6 is 11.3 Å². The van der Waals surface area contributed by atoms with Crippen LogP contribution in [0.5, 0.6) is 0 Å². The number of fused-ring (bicyclic) bond motifs is 1. The molecule has 1 aromatic carbocycles. The van der Waals surface area contributed by atoms with E-state index in [2.05, 4.69) is 63.8 Å². The van der Waals surface area contributed by atoms with Gasteiger partial charge in [0.25, 0.3) is 5.91 Å².